The molecule has 2 aromatic heterocycles. The fourth-order valence-corrected chi connectivity index (χ4v) is 3.04. The number of carbonyl (C=O) groups excluding carboxylic acids is 1. The van der Waals surface area contributed by atoms with Crippen LogP contribution in [0.1, 0.15) is 26.1 Å². The van der Waals surface area contributed by atoms with Gasteiger partial charge in [0.1, 0.15) is 10.6 Å². The molecule has 22 heavy (non-hydrogen) atoms. The number of hydrogen-bond acceptors (Lipinski definition) is 5. The van der Waals surface area contributed by atoms with Gasteiger partial charge in [0.2, 0.25) is 0 Å². The standard InChI is InChI=1S/C15H19N3O3S/c1-9-7-12(21-4)8-13(19)18(9)6-5-16-15(20)14-10(2)17-11(3)22-14/h7-8H,5-6H2,1-4H3,(H,16,20). The van der Waals surface area contributed by atoms with Gasteiger partial charge in [-0.15, -0.1) is 11.3 Å². The zero-order valence-corrected chi connectivity index (χ0v) is 13.9. The van der Waals surface area contributed by atoms with Crippen molar-refractivity contribution in [2.75, 3.05) is 13.7 Å². The first-order chi connectivity index (χ1) is 10.4. The molecule has 2 aromatic rings. The number of pyridine rings is 1. The summed E-state index contributed by atoms with van der Waals surface area (Å²) >= 11 is 1.37. The van der Waals surface area contributed by atoms with Crippen LogP contribution in [0.5, 0.6) is 5.75 Å². The molecule has 0 spiro atoms. The van der Waals surface area contributed by atoms with Crippen molar-refractivity contribution < 1.29 is 9.53 Å². The monoisotopic (exact) mass is 321 g/mol. The van der Waals surface area contributed by atoms with Gasteiger partial charge in [-0.3, -0.25) is 9.59 Å². The highest BCUT2D eigenvalue weighted by Crippen LogP contribution is 2.16. The normalized spacial score (nSPS) is 10.5. The second-order valence-electron chi connectivity index (χ2n) is 4.93. The van der Waals surface area contributed by atoms with Crippen LogP contribution in [0.2, 0.25) is 0 Å². The van der Waals surface area contributed by atoms with E-state index in [0.717, 1.165) is 16.4 Å². The molecule has 0 unspecified atom stereocenters. The zero-order chi connectivity index (χ0) is 16.3. The van der Waals surface area contributed by atoms with Gasteiger partial charge >= 0.3 is 0 Å². The zero-order valence-electron chi connectivity index (χ0n) is 13.1. The Balaban J connectivity index is 2.01. The molecule has 0 radical (unpaired) electrons. The van der Waals surface area contributed by atoms with E-state index in [9.17, 15) is 9.59 Å². The molecule has 0 aromatic carbocycles. The van der Waals surface area contributed by atoms with Crippen molar-refractivity contribution in [3.8, 4) is 5.75 Å². The highest BCUT2D eigenvalue weighted by Gasteiger charge is 2.13. The van der Waals surface area contributed by atoms with Gasteiger partial charge in [-0.25, -0.2) is 4.98 Å². The molecule has 0 aliphatic carbocycles. The molecule has 0 fully saturated rings. The second kappa shape index (κ2) is 6.74. The molecule has 0 saturated carbocycles. The smallest absolute Gasteiger partial charge is 0.263 e. The minimum absolute atomic E-state index is 0.143. The quantitative estimate of drug-likeness (QED) is 0.909. The lowest BCUT2D eigenvalue weighted by Gasteiger charge is -2.11. The van der Waals surface area contributed by atoms with E-state index in [1.165, 1.54) is 24.5 Å². The molecule has 1 amide bonds. The van der Waals surface area contributed by atoms with Crippen molar-refractivity contribution in [3.05, 3.63) is 43.8 Å². The fourth-order valence-electron chi connectivity index (χ4n) is 2.21. The van der Waals surface area contributed by atoms with Crippen LogP contribution in [0, 0.1) is 20.8 Å². The van der Waals surface area contributed by atoms with Crippen molar-refractivity contribution in [1.82, 2.24) is 14.9 Å². The number of ether oxygens (including phenoxy) is 1. The maximum atomic E-state index is 12.1. The van der Waals surface area contributed by atoms with E-state index in [1.54, 1.807) is 10.6 Å². The molecule has 0 atom stereocenters. The van der Waals surface area contributed by atoms with Gasteiger partial charge in [-0.2, -0.15) is 0 Å². The summed E-state index contributed by atoms with van der Waals surface area (Å²) in [5, 5.41) is 3.69. The highest BCUT2D eigenvalue weighted by atomic mass is 32.1. The summed E-state index contributed by atoms with van der Waals surface area (Å²) in [5.74, 6) is 0.390. The average Bonchev–Trinajstić information content (AvgIpc) is 2.80. The Kier molecular flexibility index (Phi) is 4.97. The number of nitrogens with zero attached hydrogens (tertiary/aromatic N) is 2. The van der Waals surface area contributed by atoms with Crippen LogP contribution >= 0.6 is 11.3 Å². The summed E-state index contributed by atoms with van der Waals surface area (Å²) in [7, 11) is 1.53. The summed E-state index contributed by atoms with van der Waals surface area (Å²) < 4.78 is 6.66. The molecule has 2 rings (SSSR count). The molecule has 6 nitrogen and oxygen atoms in total. The summed E-state index contributed by atoms with van der Waals surface area (Å²) in [6.07, 6.45) is 0. The molecule has 0 bridgehead atoms. The molecule has 1 N–H and O–H groups in total. The van der Waals surface area contributed by atoms with Crippen LogP contribution < -0.4 is 15.6 Å². The van der Waals surface area contributed by atoms with E-state index in [4.69, 9.17) is 4.74 Å². The van der Waals surface area contributed by atoms with Crippen molar-refractivity contribution in [2.24, 2.45) is 0 Å². The molecule has 118 valence electrons. The number of aromatic nitrogens is 2. The Labute approximate surface area is 132 Å². The van der Waals surface area contributed by atoms with Crippen LogP contribution in [0.25, 0.3) is 0 Å². The first kappa shape index (κ1) is 16.2. The van der Waals surface area contributed by atoms with E-state index in [2.05, 4.69) is 10.3 Å². The third-order valence-electron chi connectivity index (χ3n) is 3.28. The predicted octanol–water partition coefficient (Wildman–Crippen LogP) is 1.67. The Bertz CT molecular complexity index is 749. The van der Waals surface area contributed by atoms with Crippen molar-refractivity contribution in [1.29, 1.82) is 0 Å². The topological polar surface area (TPSA) is 73.2 Å². The van der Waals surface area contributed by atoms with E-state index in [1.807, 2.05) is 20.8 Å². The third-order valence-corrected chi connectivity index (χ3v) is 4.35. The number of nitrogens with one attached hydrogen (secondary N) is 1. The van der Waals surface area contributed by atoms with E-state index >= 15 is 0 Å². The fraction of sp³-hybridized carbons (Fsp3) is 0.400. The SMILES string of the molecule is COc1cc(C)n(CCNC(=O)c2sc(C)nc2C)c(=O)c1. The number of rotatable bonds is 5. The lowest BCUT2D eigenvalue weighted by molar-refractivity contribution is 0.0955. The maximum absolute atomic E-state index is 12.1. The van der Waals surface area contributed by atoms with Crippen LogP contribution in [0.3, 0.4) is 0 Å². The van der Waals surface area contributed by atoms with Crippen molar-refractivity contribution >= 4 is 17.2 Å². The first-order valence-electron chi connectivity index (χ1n) is 6.90. The van der Waals surface area contributed by atoms with E-state index in [-0.39, 0.29) is 11.5 Å². The van der Waals surface area contributed by atoms with Crippen molar-refractivity contribution in [2.45, 2.75) is 27.3 Å². The number of amides is 1. The molecule has 0 aliphatic heterocycles. The molecule has 2 heterocycles. The summed E-state index contributed by atoms with van der Waals surface area (Å²) in [4.78, 5) is 28.9. The number of carbonyl (C=O) groups is 1. The highest BCUT2D eigenvalue weighted by molar-refractivity contribution is 7.13. The number of thiazole rings is 1. The van der Waals surface area contributed by atoms with Gasteiger partial charge in [-0.1, -0.05) is 0 Å². The van der Waals surface area contributed by atoms with Gasteiger partial charge in [0, 0.05) is 24.8 Å². The van der Waals surface area contributed by atoms with Gasteiger partial charge in [0.05, 0.1) is 17.8 Å². The molecule has 7 heteroatoms. The molecule has 0 saturated heterocycles. The van der Waals surface area contributed by atoms with Gasteiger partial charge < -0.3 is 14.6 Å². The second-order valence-corrected chi connectivity index (χ2v) is 6.13. The van der Waals surface area contributed by atoms with Gasteiger partial charge in [0.15, 0.2) is 0 Å². The van der Waals surface area contributed by atoms with E-state index < -0.39 is 0 Å². The van der Waals surface area contributed by atoms with E-state index in [0.29, 0.717) is 23.7 Å². The Morgan fingerprint density at radius 3 is 2.64 bits per heavy atom. The molecular weight excluding hydrogens is 302 g/mol. The summed E-state index contributed by atoms with van der Waals surface area (Å²) in [6, 6.07) is 3.23. The van der Waals surface area contributed by atoms with Crippen molar-refractivity contribution in [3.63, 3.8) is 0 Å². The van der Waals surface area contributed by atoms with Crippen LogP contribution in [-0.2, 0) is 6.54 Å². The largest absolute Gasteiger partial charge is 0.496 e. The number of aryl methyl sites for hydroxylation is 3. The minimum atomic E-state index is -0.151. The van der Waals surface area contributed by atoms with Crippen LogP contribution in [-0.4, -0.2) is 29.1 Å². The average molecular weight is 321 g/mol. The first-order valence-corrected chi connectivity index (χ1v) is 7.71. The number of methoxy groups -OCH3 is 1. The van der Waals surface area contributed by atoms with Crippen LogP contribution in [0.4, 0.5) is 0 Å². The molecule has 0 aliphatic rings. The summed E-state index contributed by atoms with van der Waals surface area (Å²) in [5.41, 5.74) is 1.39. The predicted molar refractivity (Wildman–Crippen MR) is 85.9 cm³/mol. The number of hydrogen-bond donors (Lipinski definition) is 1. The van der Waals surface area contributed by atoms with Crippen LogP contribution in [0.15, 0.2) is 16.9 Å². The third kappa shape index (κ3) is 3.54. The Morgan fingerprint density at radius 2 is 2.09 bits per heavy atom. The minimum Gasteiger partial charge on any atom is -0.496 e. The maximum Gasteiger partial charge on any atom is 0.263 e. The lowest BCUT2D eigenvalue weighted by Crippen LogP contribution is -2.31. The van der Waals surface area contributed by atoms with Gasteiger partial charge in [-0.05, 0) is 26.8 Å². The lowest BCUT2D eigenvalue weighted by atomic mass is 10.3. The molecular formula is C15H19N3O3S. The summed E-state index contributed by atoms with van der Waals surface area (Å²) in [6.45, 7) is 6.31. The Morgan fingerprint density at radius 1 is 1.36 bits per heavy atom. The Hall–Kier alpha value is -2.15. The van der Waals surface area contributed by atoms with Gasteiger partial charge in [0.25, 0.3) is 11.5 Å².